The second-order valence-electron chi connectivity index (χ2n) is 5.52. The van der Waals surface area contributed by atoms with Gasteiger partial charge in [-0.25, -0.2) is 0 Å². The summed E-state index contributed by atoms with van der Waals surface area (Å²) in [5.41, 5.74) is 2.98. The number of rotatable bonds is 5. The number of aryl methyl sites for hydroxylation is 1. The van der Waals surface area contributed by atoms with Gasteiger partial charge < -0.3 is 19.5 Å². The summed E-state index contributed by atoms with van der Waals surface area (Å²) in [6.07, 6.45) is 3.79. The molecule has 0 unspecified atom stereocenters. The van der Waals surface area contributed by atoms with Gasteiger partial charge in [0, 0.05) is 29.7 Å². The Labute approximate surface area is 138 Å². The zero-order valence-corrected chi connectivity index (χ0v) is 13.5. The van der Waals surface area contributed by atoms with Crippen molar-refractivity contribution in [3.05, 3.63) is 63.8 Å². The Bertz CT molecular complexity index is 940. The van der Waals surface area contributed by atoms with Gasteiger partial charge in [0.1, 0.15) is 0 Å². The number of carbonyl (C=O) groups is 1. The lowest BCUT2D eigenvalue weighted by Gasteiger charge is -2.07. The summed E-state index contributed by atoms with van der Waals surface area (Å²) < 4.78 is 10.1. The van der Waals surface area contributed by atoms with E-state index in [-0.39, 0.29) is 16.9 Å². The Balaban J connectivity index is 1.70. The van der Waals surface area contributed by atoms with Crippen LogP contribution in [0.25, 0.3) is 10.9 Å². The Kier molecular flexibility index (Phi) is 4.37. The van der Waals surface area contributed by atoms with Gasteiger partial charge in [0.05, 0.1) is 13.4 Å². The number of hydrogen-bond donors (Lipinski definition) is 2. The van der Waals surface area contributed by atoms with E-state index in [1.807, 2.05) is 25.3 Å². The van der Waals surface area contributed by atoms with Crippen LogP contribution in [-0.2, 0) is 6.42 Å². The van der Waals surface area contributed by atoms with Crippen molar-refractivity contribution >= 4 is 16.8 Å². The van der Waals surface area contributed by atoms with Crippen LogP contribution in [0.4, 0.5) is 0 Å². The van der Waals surface area contributed by atoms with E-state index >= 15 is 0 Å². The number of nitrogens with one attached hydrogen (secondary N) is 2. The topological polar surface area (TPSA) is 84.3 Å². The Hall–Kier alpha value is -3.02. The first-order valence-electron chi connectivity index (χ1n) is 7.60. The average molecular weight is 326 g/mol. The number of fused-ring (bicyclic) bond motifs is 1. The van der Waals surface area contributed by atoms with E-state index in [1.165, 1.54) is 25.0 Å². The number of aromatic amines is 1. The van der Waals surface area contributed by atoms with Crippen molar-refractivity contribution in [1.82, 2.24) is 10.3 Å². The quantitative estimate of drug-likeness (QED) is 0.754. The second kappa shape index (κ2) is 6.62. The highest BCUT2D eigenvalue weighted by Crippen LogP contribution is 2.20. The third kappa shape index (κ3) is 3.03. The molecule has 0 aliphatic rings. The van der Waals surface area contributed by atoms with Crippen LogP contribution in [-0.4, -0.2) is 24.5 Å². The summed E-state index contributed by atoms with van der Waals surface area (Å²) in [6.45, 7) is 2.46. The number of ether oxygens (including phenoxy) is 1. The van der Waals surface area contributed by atoms with Gasteiger partial charge in [-0.2, -0.15) is 0 Å². The minimum absolute atomic E-state index is 0.0854. The van der Waals surface area contributed by atoms with Crippen molar-refractivity contribution < 1.29 is 13.9 Å². The van der Waals surface area contributed by atoms with Crippen molar-refractivity contribution in [2.75, 3.05) is 13.7 Å². The smallest absolute Gasteiger partial charge is 0.291 e. The molecule has 2 heterocycles. The maximum absolute atomic E-state index is 12.2. The standard InChI is InChI=1S/C18H18N2O4/c1-11-3-4-14-13(9-11)12(10-20-14)5-7-19-18(22)17-16(23-2)15(21)6-8-24-17/h3-4,6,8-10,20H,5,7H2,1-2H3,(H,19,22). The molecule has 124 valence electrons. The third-order valence-corrected chi connectivity index (χ3v) is 3.85. The molecule has 2 aromatic heterocycles. The lowest BCUT2D eigenvalue weighted by Crippen LogP contribution is -2.27. The molecular formula is C18H18N2O4. The monoisotopic (exact) mass is 326 g/mol. The molecule has 0 atom stereocenters. The first-order chi connectivity index (χ1) is 11.6. The number of H-pyrrole nitrogens is 1. The van der Waals surface area contributed by atoms with Crippen LogP contribution < -0.4 is 15.5 Å². The van der Waals surface area contributed by atoms with E-state index in [0.29, 0.717) is 13.0 Å². The van der Waals surface area contributed by atoms with E-state index in [4.69, 9.17) is 9.15 Å². The lowest BCUT2D eigenvalue weighted by atomic mass is 10.1. The van der Waals surface area contributed by atoms with Crippen LogP contribution in [0, 0.1) is 6.92 Å². The molecule has 0 radical (unpaired) electrons. The van der Waals surface area contributed by atoms with Crippen molar-refractivity contribution in [3.63, 3.8) is 0 Å². The van der Waals surface area contributed by atoms with Crippen LogP contribution in [0.1, 0.15) is 21.7 Å². The minimum atomic E-state index is -0.472. The summed E-state index contributed by atoms with van der Waals surface area (Å²) in [5, 5.41) is 3.90. The number of amides is 1. The van der Waals surface area contributed by atoms with E-state index in [2.05, 4.69) is 16.4 Å². The summed E-state index contributed by atoms with van der Waals surface area (Å²) >= 11 is 0. The molecule has 1 aromatic carbocycles. The molecule has 0 saturated heterocycles. The van der Waals surface area contributed by atoms with Crippen LogP contribution in [0.2, 0.25) is 0 Å². The molecule has 6 nitrogen and oxygen atoms in total. The number of methoxy groups -OCH3 is 1. The maximum atomic E-state index is 12.2. The summed E-state index contributed by atoms with van der Waals surface area (Å²) in [6, 6.07) is 7.41. The third-order valence-electron chi connectivity index (χ3n) is 3.85. The van der Waals surface area contributed by atoms with Crippen molar-refractivity contribution in [1.29, 1.82) is 0 Å². The van der Waals surface area contributed by atoms with E-state index in [1.54, 1.807) is 0 Å². The maximum Gasteiger partial charge on any atom is 0.291 e. The van der Waals surface area contributed by atoms with Gasteiger partial charge in [0.15, 0.2) is 0 Å². The highest BCUT2D eigenvalue weighted by atomic mass is 16.5. The van der Waals surface area contributed by atoms with Gasteiger partial charge in [-0.05, 0) is 31.0 Å². The predicted octanol–water partition coefficient (Wildman–Crippen LogP) is 2.41. The average Bonchev–Trinajstić information content (AvgIpc) is 2.96. The normalized spacial score (nSPS) is 10.8. The molecule has 0 aliphatic carbocycles. The molecule has 0 saturated carbocycles. The van der Waals surface area contributed by atoms with E-state index in [9.17, 15) is 9.59 Å². The van der Waals surface area contributed by atoms with Crippen LogP contribution in [0.3, 0.4) is 0 Å². The van der Waals surface area contributed by atoms with Gasteiger partial charge >= 0.3 is 0 Å². The van der Waals surface area contributed by atoms with Crippen LogP contribution >= 0.6 is 0 Å². The Morgan fingerprint density at radius 1 is 1.33 bits per heavy atom. The molecule has 0 bridgehead atoms. The zero-order valence-electron chi connectivity index (χ0n) is 13.5. The van der Waals surface area contributed by atoms with E-state index in [0.717, 1.165) is 16.5 Å². The minimum Gasteiger partial charge on any atom is -0.489 e. The molecule has 3 aromatic rings. The number of carbonyl (C=O) groups excluding carboxylic acids is 1. The number of benzene rings is 1. The predicted molar refractivity (Wildman–Crippen MR) is 90.6 cm³/mol. The van der Waals surface area contributed by atoms with Crippen molar-refractivity contribution in [2.24, 2.45) is 0 Å². The van der Waals surface area contributed by atoms with Crippen LogP contribution in [0.5, 0.6) is 5.75 Å². The summed E-state index contributed by atoms with van der Waals surface area (Å²) in [4.78, 5) is 27.1. The van der Waals surface area contributed by atoms with E-state index < -0.39 is 5.91 Å². The lowest BCUT2D eigenvalue weighted by molar-refractivity contribution is 0.0918. The molecule has 0 aliphatic heterocycles. The molecule has 0 spiro atoms. The molecule has 6 heteroatoms. The first kappa shape index (κ1) is 15.9. The highest BCUT2D eigenvalue weighted by Gasteiger charge is 2.17. The molecule has 0 fully saturated rings. The van der Waals surface area contributed by atoms with Gasteiger partial charge in [0.25, 0.3) is 5.91 Å². The molecular weight excluding hydrogens is 308 g/mol. The highest BCUT2D eigenvalue weighted by molar-refractivity contribution is 5.93. The van der Waals surface area contributed by atoms with Gasteiger partial charge in [0.2, 0.25) is 16.9 Å². The van der Waals surface area contributed by atoms with Gasteiger partial charge in [-0.1, -0.05) is 11.6 Å². The first-order valence-corrected chi connectivity index (χ1v) is 7.60. The second-order valence-corrected chi connectivity index (χ2v) is 5.52. The summed E-state index contributed by atoms with van der Waals surface area (Å²) in [5.74, 6) is -0.668. The molecule has 3 rings (SSSR count). The largest absolute Gasteiger partial charge is 0.489 e. The zero-order chi connectivity index (χ0) is 17.1. The number of aromatic nitrogens is 1. The fraction of sp³-hybridized carbons (Fsp3) is 0.222. The Morgan fingerprint density at radius 2 is 2.17 bits per heavy atom. The van der Waals surface area contributed by atoms with Gasteiger partial charge in [-0.3, -0.25) is 9.59 Å². The fourth-order valence-electron chi connectivity index (χ4n) is 2.64. The SMILES string of the molecule is COc1c(C(=O)NCCc2c[nH]c3ccc(C)cc23)occc1=O. The molecule has 2 N–H and O–H groups in total. The van der Waals surface area contributed by atoms with Crippen molar-refractivity contribution in [2.45, 2.75) is 13.3 Å². The Morgan fingerprint density at radius 3 is 2.96 bits per heavy atom. The van der Waals surface area contributed by atoms with Crippen LogP contribution in [0.15, 0.2) is 45.9 Å². The van der Waals surface area contributed by atoms with Crippen molar-refractivity contribution in [3.8, 4) is 5.75 Å². The van der Waals surface area contributed by atoms with Gasteiger partial charge in [-0.15, -0.1) is 0 Å². The number of hydrogen-bond acceptors (Lipinski definition) is 4. The molecule has 1 amide bonds. The molecule has 24 heavy (non-hydrogen) atoms. The summed E-state index contributed by atoms with van der Waals surface area (Å²) in [7, 11) is 1.33. The fourth-order valence-corrected chi connectivity index (χ4v) is 2.64.